The van der Waals surface area contributed by atoms with Crippen LogP contribution in [0.3, 0.4) is 0 Å². The summed E-state index contributed by atoms with van der Waals surface area (Å²) in [5, 5.41) is 0. The van der Waals surface area contributed by atoms with Gasteiger partial charge in [0.25, 0.3) is 0 Å². The Morgan fingerprint density at radius 3 is 2.60 bits per heavy atom. The normalized spacial score (nSPS) is 41.7. The van der Waals surface area contributed by atoms with Crippen LogP contribution in [-0.4, -0.2) is 12.4 Å². The molecule has 2 nitrogen and oxygen atoms in total. The molecule has 0 spiro atoms. The third-order valence-corrected chi connectivity index (χ3v) is 1.81. The molecule has 0 aromatic heterocycles. The monoisotopic (exact) mass is 148 g/mol. The molecule has 0 amide bonds. The van der Waals surface area contributed by atoms with Gasteiger partial charge in [0.15, 0.2) is 6.29 Å². The van der Waals surface area contributed by atoms with Crippen molar-refractivity contribution in [1.82, 2.24) is 0 Å². The van der Waals surface area contributed by atoms with Gasteiger partial charge >= 0.3 is 0 Å². The lowest BCUT2D eigenvalue weighted by Crippen LogP contribution is -2.30. The van der Waals surface area contributed by atoms with E-state index < -0.39 is 6.29 Å². The first-order valence-electron chi connectivity index (χ1n) is 3.65. The van der Waals surface area contributed by atoms with Crippen LogP contribution < -0.4 is 0 Å². The van der Waals surface area contributed by atoms with Gasteiger partial charge in [-0.1, -0.05) is 6.92 Å². The minimum atomic E-state index is -0.626. The zero-order chi connectivity index (χ0) is 7.56. The second-order valence-electron chi connectivity index (χ2n) is 3.04. The van der Waals surface area contributed by atoms with E-state index in [9.17, 15) is 4.53 Å². The van der Waals surface area contributed by atoms with Crippen LogP contribution in [0.4, 0.5) is 4.53 Å². The van der Waals surface area contributed by atoms with E-state index in [0.29, 0.717) is 12.3 Å². The molecule has 0 aromatic rings. The molecule has 3 atom stereocenters. The van der Waals surface area contributed by atoms with Crippen molar-refractivity contribution in [1.29, 1.82) is 0 Å². The van der Waals surface area contributed by atoms with Crippen LogP contribution >= 0.6 is 0 Å². The molecule has 0 aromatic carbocycles. The predicted molar refractivity (Wildman–Crippen MR) is 34.9 cm³/mol. The summed E-state index contributed by atoms with van der Waals surface area (Å²) in [6.07, 6.45) is 1.17. The first-order valence-corrected chi connectivity index (χ1v) is 3.65. The van der Waals surface area contributed by atoms with Crippen LogP contribution in [-0.2, 0) is 9.68 Å². The second-order valence-corrected chi connectivity index (χ2v) is 3.04. The van der Waals surface area contributed by atoms with Crippen LogP contribution in [0.25, 0.3) is 0 Å². The molecule has 3 heteroatoms. The summed E-state index contributed by atoms with van der Waals surface area (Å²) in [4.78, 5) is 3.61. The average molecular weight is 148 g/mol. The van der Waals surface area contributed by atoms with Crippen molar-refractivity contribution in [2.24, 2.45) is 5.92 Å². The van der Waals surface area contributed by atoms with Crippen molar-refractivity contribution < 1.29 is 14.2 Å². The van der Waals surface area contributed by atoms with Crippen LogP contribution in [0, 0.1) is 5.92 Å². The first kappa shape index (κ1) is 7.95. The third kappa shape index (κ3) is 1.92. The number of halogens is 1. The summed E-state index contributed by atoms with van der Waals surface area (Å²) >= 11 is 0. The smallest absolute Gasteiger partial charge is 0.197 e. The van der Waals surface area contributed by atoms with Crippen molar-refractivity contribution in [2.75, 3.05) is 0 Å². The summed E-state index contributed by atoms with van der Waals surface area (Å²) < 4.78 is 16.7. The van der Waals surface area contributed by atoms with Crippen molar-refractivity contribution >= 4 is 0 Å². The minimum Gasteiger partial charge on any atom is -0.346 e. The molecule has 1 heterocycles. The summed E-state index contributed by atoms with van der Waals surface area (Å²) in [5.74, 6) is 0.504. The number of hydrogen-bond donors (Lipinski definition) is 0. The predicted octanol–water partition coefficient (Wildman–Crippen LogP) is 2.05. The van der Waals surface area contributed by atoms with Gasteiger partial charge < -0.3 is 4.74 Å². The number of rotatable bonds is 1. The summed E-state index contributed by atoms with van der Waals surface area (Å²) in [6.45, 7) is 4.01. The standard InChI is InChI=1S/C7H13FO2/c1-5-3-6(2)9-7(4-5)10-8/h5-7H,3-4H2,1-2H3. The Morgan fingerprint density at radius 2 is 2.10 bits per heavy atom. The van der Waals surface area contributed by atoms with Crippen molar-refractivity contribution in [3.63, 3.8) is 0 Å². The quantitative estimate of drug-likeness (QED) is 0.566. The molecule has 1 fully saturated rings. The highest BCUT2D eigenvalue weighted by Gasteiger charge is 2.25. The number of hydrogen-bond acceptors (Lipinski definition) is 2. The van der Waals surface area contributed by atoms with Crippen molar-refractivity contribution in [3.05, 3.63) is 0 Å². The highest BCUT2D eigenvalue weighted by atomic mass is 19.3. The molecule has 1 aliphatic heterocycles. The lowest BCUT2D eigenvalue weighted by Gasteiger charge is -2.28. The zero-order valence-electron chi connectivity index (χ0n) is 6.34. The lowest BCUT2D eigenvalue weighted by molar-refractivity contribution is -0.303. The third-order valence-electron chi connectivity index (χ3n) is 1.81. The average Bonchev–Trinajstić information content (AvgIpc) is 1.85. The molecule has 1 rings (SSSR count). The Hall–Kier alpha value is -0.150. The fourth-order valence-electron chi connectivity index (χ4n) is 1.42. The van der Waals surface area contributed by atoms with Gasteiger partial charge in [-0.3, -0.25) is 0 Å². The maximum Gasteiger partial charge on any atom is 0.197 e. The van der Waals surface area contributed by atoms with Crippen molar-refractivity contribution in [2.45, 2.75) is 39.1 Å². The Kier molecular flexibility index (Phi) is 2.63. The highest BCUT2D eigenvalue weighted by Crippen LogP contribution is 2.24. The largest absolute Gasteiger partial charge is 0.346 e. The second kappa shape index (κ2) is 3.30. The first-order chi connectivity index (χ1) is 4.72. The number of ether oxygens (including phenoxy) is 1. The summed E-state index contributed by atoms with van der Waals surface area (Å²) in [7, 11) is 0. The minimum absolute atomic E-state index is 0.129. The Bertz CT molecular complexity index is 97.8. The Labute approximate surface area is 60.2 Å². The Balaban J connectivity index is 2.35. The van der Waals surface area contributed by atoms with Crippen LogP contribution in [0.1, 0.15) is 26.7 Å². The van der Waals surface area contributed by atoms with E-state index in [1.165, 1.54) is 0 Å². The van der Waals surface area contributed by atoms with Gasteiger partial charge in [0.2, 0.25) is 0 Å². The molecule has 10 heavy (non-hydrogen) atoms. The van der Waals surface area contributed by atoms with Crippen LogP contribution in [0.2, 0.25) is 0 Å². The van der Waals surface area contributed by atoms with Gasteiger partial charge in [-0.25, -0.2) is 0 Å². The van der Waals surface area contributed by atoms with Gasteiger partial charge in [0, 0.05) is 6.42 Å². The van der Waals surface area contributed by atoms with E-state index in [2.05, 4.69) is 11.9 Å². The van der Waals surface area contributed by atoms with E-state index in [4.69, 9.17) is 4.74 Å². The Morgan fingerprint density at radius 1 is 1.40 bits per heavy atom. The van der Waals surface area contributed by atoms with E-state index in [1.807, 2.05) is 6.92 Å². The fraction of sp³-hybridized carbons (Fsp3) is 1.00. The SMILES string of the molecule is CC1CC(C)OC(OF)C1. The van der Waals surface area contributed by atoms with Gasteiger partial charge in [-0.15, -0.1) is 0 Å². The van der Waals surface area contributed by atoms with E-state index in [0.717, 1.165) is 6.42 Å². The molecule has 1 saturated heterocycles. The zero-order valence-corrected chi connectivity index (χ0v) is 6.34. The maximum atomic E-state index is 11.6. The molecular formula is C7H13FO2. The van der Waals surface area contributed by atoms with Crippen LogP contribution in [0.15, 0.2) is 0 Å². The van der Waals surface area contributed by atoms with Gasteiger partial charge in [0.05, 0.1) is 6.10 Å². The summed E-state index contributed by atoms with van der Waals surface area (Å²) in [5.41, 5.74) is 0. The molecule has 0 radical (unpaired) electrons. The fourth-order valence-corrected chi connectivity index (χ4v) is 1.42. The molecular weight excluding hydrogens is 135 g/mol. The molecule has 0 bridgehead atoms. The summed E-state index contributed by atoms with van der Waals surface area (Å²) in [6, 6.07) is 0. The molecule has 0 N–H and O–H groups in total. The van der Waals surface area contributed by atoms with Crippen molar-refractivity contribution in [3.8, 4) is 0 Å². The van der Waals surface area contributed by atoms with E-state index in [-0.39, 0.29) is 6.10 Å². The van der Waals surface area contributed by atoms with Gasteiger partial charge in [-0.05, 0) is 23.8 Å². The van der Waals surface area contributed by atoms with E-state index in [1.54, 1.807) is 0 Å². The molecule has 3 unspecified atom stereocenters. The van der Waals surface area contributed by atoms with Crippen LogP contribution in [0.5, 0.6) is 0 Å². The lowest BCUT2D eigenvalue weighted by atomic mass is 9.98. The van der Waals surface area contributed by atoms with E-state index >= 15 is 0 Å². The molecule has 60 valence electrons. The molecule has 0 saturated carbocycles. The topological polar surface area (TPSA) is 18.5 Å². The van der Waals surface area contributed by atoms with Gasteiger partial charge in [0.1, 0.15) is 0 Å². The highest BCUT2D eigenvalue weighted by molar-refractivity contribution is 4.66. The maximum absolute atomic E-state index is 11.6. The molecule has 0 aliphatic carbocycles. The molecule has 1 aliphatic rings. The van der Waals surface area contributed by atoms with Gasteiger partial charge in [-0.2, -0.15) is 4.94 Å².